The highest BCUT2D eigenvalue weighted by Gasteiger charge is 1.90. The zero-order chi connectivity index (χ0) is 11.1. The molecule has 0 radical (unpaired) electrons. The normalized spacial score (nSPS) is 14.5. The van der Waals surface area contributed by atoms with Crippen molar-refractivity contribution in [3.8, 4) is 0 Å². The highest BCUT2D eigenvalue weighted by atomic mass is 14.0. The van der Waals surface area contributed by atoms with E-state index >= 15 is 0 Å². The summed E-state index contributed by atoms with van der Waals surface area (Å²) >= 11 is 0. The molecule has 0 amide bonds. The van der Waals surface area contributed by atoms with Crippen LogP contribution in [0.25, 0.3) is 0 Å². The van der Waals surface area contributed by atoms with Gasteiger partial charge in [-0.3, -0.25) is 0 Å². The van der Waals surface area contributed by atoms with Crippen molar-refractivity contribution in [3.05, 3.63) is 47.1 Å². The summed E-state index contributed by atoms with van der Waals surface area (Å²) in [6.07, 6.45) is 7.60. The molecule has 0 saturated heterocycles. The average Bonchev–Trinajstić information content (AvgIpc) is 2.15. The van der Waals surface area contributed by atoms with Crippen LogP contribution in [0.5, 0.6) is 0 Å². The lowest BCUT2D eigenvalue weighted by molar-refractivity contribution is 1.23. The molecule has 0 aromatic heterocycles. The molecule has 0 spiro atoms. The fourth-order valence-electron chi connectivity index (χ4n) is 0.975. The van der Waals surface area contributed by atoms with Crippen molar-refractivity contribution in [2.24, 2.45) is 0 Å². The zero-order valence-electron chi connectivity index (χ0n) is 10.1. The zero-order valence-corrected chi connectivity index (χ0v) is 10.1. The van der Waals surface area contributed by atoms with E-state index in [4.69, 9.17) is 0 Å². The Kier molecular flexibility index (Phi) is 5.94. The molecule has 0 aliphatic carbocycles. The summed E-state index contributed by atoms with van der Waals surface area (Å²) < 4.78 is 0. The molecule has 14 heavy (non-hydrogen) atoms. The first-order valence-electron chi connectivity index (χ1n) is 5.11. The van der Waals surface area contributed by atoms with Crippen molar-refractivity contribution in [2.45, 2.75) is 41.0 Å². The monoisotopic (exact) mass is 190 g/mol. The molecular weight excluding hydrogens is 168 g/mol. The lowest BCUT2D eigenvalue weighted by atomic mass is 10.1. The van der Waals surface area contributed by atoms with Crippen molar-refractivity contribution >= 4 is 0 Å². The van der Waals surface area contributed by atoms with Gasteiger partial charge in [0.1, 0.15) is 0 Å². The summed E-state index contributed by atoms with van der Waals surface area (Å²) in [5, 5.41) is 0. The van der Waals surface area contributed by atoms with Crippen LogP contribution in [-0.4, -0.2) is 0 Å². The van der Waals surface area contributed by atoms with Crippen LogP contribution in [0.1, 0.15) is 41.0 Å². The van der Waals surface area contributed by atoms with Gasteiger partial charge in [-0.2, -0.15) is 0 Å². The summed E-state index contributed by atoms with van der Waals surface area (Å²) in [4.78, 5) is 0. The van der Waals surface area contributed by atoms with Crippen LogP contribution in [0.3, 0.4) is 0 Å². The summed E-state index contributed by atoms with van der Waals surface area (Å²) in [7, 11) is 0. The van der Waals surface area contributed by atoms with Gasteiger partial charge < -0.3 is 0 Å². The molecule has 0 unspecified atom stereocenters. The van der Waals surface area contributed by atoms with Crippen LogP contribution in [0.2, 0.25) is 0 Å². The largest absolute Gasteiger partial charge is 0.0959 e. The average molecular weight is 190 g/mol. The standard InChI is InChI=1S/C14H22/c1-7-12(4)14(6)10-8-9-13(5)11(2)3/h7,9-10H,2,8H2,1,3-6H3. The van der Waals surface area contributed by atoms with Crippen LogP contribution in [0.15, 0.2) is 47.1 Å². The van der Waals surface area contributed by atoms with Crippen LogP contribution in [0, 0.1) is 0 Å². The molecule has 0 rings (SSSR count). The Bertz CT molecular complexity index is 285. The van der Waals surface area contributed by atoms with Gasteiger partial charge in [-0.25, -0.2) is 0 Å². The fourth-order valence-corrected chi connectivity index (χ4v) is 0.975. The lowest BCUT2D eigenvalue weighted by Gasteiger charge is -2.00. The van der Waals surface area contributed by atoms with Crippen molar-refractivity contribution in [2.75, 3.05) is 0 Å². The van der Waals surface area contributed by atoms with Gasteiger partial charge in [0.05, 0.1) is 0 Å². The third-order valence-corrected chi connectivity index (χ3v) is 2.58. The lowest BCUT2D eigenvalue weighted by Crippen LogP contribution is -1.79. The molecule has 0 atom stereocenters. The van der Waals surface area contributed by atoms with Gasteiger partial charge in [-0.05, 0) is 41.0 Å². The predicted molar refractivity (Wildman–Crippen MR) is 66.4 cm³/mol. The minimum Gasteiger partial charge on any atom is -0.0959 e. The Balaban J connectivity index is 4.32. The van der Waals surface area contributed by atoms with Gasteiger partial charge in [0, 0.05) is 0 Å². The summed E-state index contributed by atoms with van der Waals surface area (Å²) in [5.41, 5.74) is 5.15. The predicted octanol–water partition coefficient (Wildman–Crippen LogP) is 4.81. The van der Waals surface area contributed by atoms with E-state index in [2.05, 4.69) is 52.5 Å². The SMILES string of the molecule is C=C(C)C(C)=CCC=C(C)C(C)=CC. The summed E-state index contributed by atoms with van der Waals surface area (Å²) in [6.45, 7) is 14.4. The van der Waals surface area contributed by atoms with E-state index in [1.807, 2.05) is 6.92 Å². The molecule has 0 aliphatic heterocycles. The smallest absolute Gasteiger partial charge is 0.0158 e. The maximum absolute atomic E-state index is 3.90. The fraction of sp³-hybridized carbons (Fsp3) is 0.429. The van der Waals surface area contributed by atoms with Gasteiger partial charge in [-0.15, -0.1) is 0 Å². The van der Waals surface area contributed by atoms with E-state index < -0.39 is 0 Å². The van der Waals surface area contributed by atoms with Gasteiger partial charge in [0.25, 0.3) is 0 Å². The second-order valence-corrected chi connectivity index (χ2v) is 3.76. The Hall–Kier alpha value is -1.04. The molecule has 0 aliphatic rings. The quantitative estimate of drug-likeness (QED) is 0.558. The Morgan fingerprint density at radius 2 is 1.43 bits per heavy atom. The van der Waals surface area contributed by atoms with Crippen molar-refractivity contribution < 1.29 is 0 Å². The minimum absolute atomic E-state index is 0.996. The van der Waals surface area contributed by atoms with E-state index in [0.717, 1.165) is 12.0 Å². The van der Waals surface area contributed by atoms with E-state index in [1.54, 1.807) is 0 Å². The summed E-state index contributed by atoms with van der Waals surface area (Å²) in [5.74, 6) is 0. The van der Waals surface area contributed by atoms with Crippen molar-refractivity contribution in [3.63, 3.8) is 0 Å². The molecule has 0 aromatic carbocycles. The number of allylic oxidation sites excluding steroid dienone is 7. The Morgan fingerprint density at radius 1 is 0.929 bits per heavy atom. The highest BCUT2D eigenvalue weighted by molar-refractivity contribution is 5.29. The first kappa shape index (κ1) is 13.0. The molecule has 0 bridgehead atoms. The third-order valence-electron chi connectivity index (χ3n) is 2.58. The number of rotatable bonds is 4. The molecule has 0 N–H and O–H groups in total. The van der Waals surface area contributed by atoms with Crippen LogP contribution in [0.4, 0.5) is 0 Å². The third kappa shape index (κ3) is 4.86. The van der Waals surface area contributed by atoms with Gasteiger partial charge >= 0.3 is 0 Å². The Morgan fingerprint density at radius 3 is 1.86 bits per heavy atom. The molecule has 0 saturated carbocycles. The second-order valence-electron chi connectivity index (χ2n) is 3.76. The molecular formula is C14H22. The second kappa shape index (κ2) is 6.42. The topological polar surface area (TPSA) is 0 Å². The first-order chi connectivity index (χ1) is 6.49. The minimum atomic E-state index is 0.996. The molecule has 0 aromatic rings. The van der Waals surface area contributed by atoms with Crippen LogP contribution < -0.4 is 0 Å². The van der Waals surface area contributed by atoms with Gasteiger partial charge in [0.15, 0.2) is 0 Å². The van der Waals surface area contributed by atoms with E-state index in [9.17, 15) is 0 Å². The molecule has 78 valence electrons. The highest BCUT2D eigenvalue weighted by Crippen LogP contribution is 2.11. The number of hydrogen-bond acceptors (Lipinski definition) is 0. The number of hydrogen-bond donors (Lipinski definition) is 0. The van der Waals surface area contributed by atoms with Gasteiger partial charge in [0.2, 0.25) is 0 Å². The molecule has 0 fully saturated rings. The van der Waals surface area contributed by atoms with Gasteiger partial charge in [-0.1, -0.05) is 47.1 Å². The molecule has 0 nitrogen and oxygen atoms in total. The van der Waals surface area contributed by atoms with E-state index in [0.29, 0.717) is 0 Å². The molecule has 0 heteroatoms. The van der Waals surface area contributed by atoms with Crippen LogP contribution >= 0.6 is 0 Å². The van der Waals surface area contributed by atoms with Crippen molar-refractivity contribution in [1.29, 1.82) is 0 Å². The molecule has 0 heterocycles. The summed E-state index contributed by atoms with van der Waals surface area (Å²) in [6, 6.07) is 0. The maximum Gasteiger partial charge on any atom is -0.0158 e. The Labute approximate surface area is 88.7 Å². The maximum atomic E-state index is 3.90. The van der Waals surface area contributed by atoms with E-state index in [1.165, 1.54) is 16.7 Å². The van der Waals surface area contributed by atoms with E-state index in [-0.39, 0.29) is 0 Å². The first-order valence-corrected chi connectivity index (χ1v) is 5.11. The van der Waals surface area contributed by atoms with Crippen molar-refractivity contribution in [1.82, 2.24) is 0 Å². The van der Waals surface area contributed by atoms with Crippen LogP contribution in [-0.2, 0) is 0 Å².